The molecule has 3 N–H and O–H groups in total. The van der Waals surface area contributed by atoms with E-state index in [0.717, 1.165) is 12.8 Å². The predicted octanol–water partition coefficient (Wildman–Crippen LogP) is 2.38. The summed E-state index contributed by atoms with van der Waals surface area (Å²) in [5.74, 6) is 1.40. The summed E-state index contributed by atoms with van der Waals surface area (Å²) in [6.45, 7) is 2.70. The van der Waals surface area contributed by atoms with Gasteiger partial charge in [0.25, 0.3) is 0 Å². The molecule has 0 aliphatic heterocycles. The number of nitrogen functional groups attached to an aromatic ring is 1. The Morgan fingerprint density at radius 3 is 2.81 bits per heavy atom. The van der Waals surface area contributed by atoms with Crippen LogP contribution in [0.3, 0.4) is 0 Å². The van der Waals surface area contributed by atoms with E-state index in [1.54, 1.807) is 12.1 Å². The fourth-order valence-corrected chi connectivity index (χ4v) is 4.27. The highest BCUT2D eigenvalue weighted by Crippen LogP contribution is 2.29. The molecular formula is C15H24N2O3S. The molecule has 2 rings (SSSR count). The minimum atomic E-state index is -3.60. The molecule has 1 aromatic rings. The summed E-state index contributed by atoms with van der Waals surface area (Å²) in [6.07, 6.45) is 4.58. The number of sulfonamides is 1. The number of hydrogen-bond acceptors (Lipinski definition) is 4. The number of nitrogens with two attached hydrogens (primary N) is 1. The van der Waals surface area contributed by atoms with Crippen LogP contribution in [-0.4, -0.2) is 22.1 Å². The highest BCUT2D eigenvalue weighted by atomic mass is 32.2. The van der Waals surface area contributed by atoms with E-state index in [1.165, 1.54) is 26.0 Å². The van der Waals surface area contributed by atoms with Crippen molar-refractivity contribution in [3.05, 3.63) is 18.2 Å². The van der Waals surface area contributed by atoms with Gasteiger partial charge in [-0.25, -0.2) is 13.1 Å². The van der Waals surface area contributed by atoms with Crippen LogP contribution in [-0.2, 0) is 10.0 Å². The van der Waals surface area contributed by atoms with E-state index in [2.05, 4.69) is 11.6 Å². The molecule has 0 amide bonds. The van der Waals surface area contributed by atoms with E-state index in [9.17, 15) is 8.42 Å². The molecule has 2 atom stereocenters. The van der Waals surface area contributed by atoms with Crippen LogP contribution in [0.25, 0.3) is 0 Å². The molecular weight excluding hydrogens is 288 g/mol. The lowest BCUT2D eigenvalue weighted by molar-refractivity contribution is 0.283. The maximum absolute atomic E-state index is 12.4. The van der Waals surface area contributed by atoms with Gasteiger partial charge in [-0.15, -0.1) is 0 Å². The van der Waals surface area contributed by atoms with Crippen molar-refractivity contribution in [2.45, 2.75) is 37.5 Å². The SMILES string of the molecule is COc1ccc(N)cc1S(=O)(=O)NCC1CCCC(C)C1. The minimum absolute atomic E-state index is 0.105. The normalized spacial score (nSPS) is 23.0. The molecule has 118 valence electrons. The molecule has 0 bridgehead atoms. The summed E-state index contributed by atoms with van der Waals surface area (Å²) in [7, 11) is -2.15. The van der Waals surface area contributed by atoms with Gasteiger partial charge in [0.15, 0.2) is 0 Å². The van der Waals surface area contributed by atoms with Crippen LogP contribution in [0, 0.1) is 11.8 Å². The van der Waals surface area contributed by atoms with Gasteiger partial charge in [0.05, 0.1) is 7.11 Å². The maximum Gasteiger partial charge on any atom is 0.244 e. The van der Waals surface area contributed by atoms with Gasteiger partial charge in [0.1, 0.15) is 10.6 Å². The zero-order valence-electron chi connectivity index (χ0n) is 12.6. The van der Waals surface area contributed by atoms with Gasteiger partial charge < -0.3 is 10.5 Å². The van der Waals surface area contributed by atoms with Crippen LogP contribution in [0.5, 0.6) is 5.75 Å². The van der Waals surface area contributed by atoms with Crippen molar-refractivity contribution >= 4 is 15.7 Å². The van der Waals surface area contributed by atoms with Crippen LogP contribution < -0.4 is 15.2 Å². The third-order valence-electron chi connectivity index (χ3n) is 4.08. The zero-order chi connectivity index (χ0) is 15.5. The number of nitrogens with one attached hydrogen (secondary N) is 1. The summed E-state index contributed by atoms with van der Waals surface area (Å²) in [5.41, 5.74) is 6.09. The van der Waals surface area contributed by atoms with Crippen molar-refractivity contribution < 1.29 is 13.2 Å². The fraction of sp³-hybridized carbons (Fsp3) is 0.600. The smallest absolute Gasteiger partial charge is 0.244 e. The topological polar surface area (TPSA) is 81.4 Å². The van der Waals surface area contributed by atoms with Crippen molar-refractivity contribution in [3.63, 3.8) is 0 Å². The Kier molecular flexibility index (Phi) is 5.11. The lowest BCUT2D eigenvalue weighted by Gasteiger charge is -2.26. The molecule has 0 saturated heterocycles. The van der Waals surface area contributed by atoms with Crippen molar-refractivity contribution in [2.75, 3.05) is 19.4 Å². The Hall–Kier alpha value is -1.27. The Labute approximate surface area is 126 Å². The number of rotatable bonds is 5. The second kappa shape index (κ2) is 6.66. The Morgan fingerprint density at radius 1 is 1.38 bits per heavy atom. The highest BCUT2D eigenvalue weighted by molar-refractivity contribution is 7.89. The van der Waals surface area contributed by atoms with Crippen molar-refractivity contribution in [1.82, 2.24) is 4.72 Å². The maximum atomic E-state index is 12.4. The number of benzene rings is 1. The van der Waals surface area contributed by atoms with Gasteiger partial charge in [0.2, 0.25) is 10.0 Å². The van der Waals surface area contributed by atoms with Gasteiger partial charge in [0, 0.05) is 12.2 Å². The molecule has 1 fully saturated rings. The monoisotopic (exact) mass is 312 g/mol. The quantitative estimate of drug-likeness (QED) is 0.818. The number of ether oxygens (including phenoxy) is 1. The van der Waals surface area contributed by atoms with Crippen LogP contribution >= 0.6 is 0 Å². The molecule has 6 heteroatoms. The summed E-state index contributed by atoms with van der Waals surface area (Å²) in [5, 5.41) is 0. The fourth-order valence-electron chi connectivity index (χ4n) is 2.95. The van der Waals surface area contributed by atoms with Crippen molar-refractivity contribution in [1.29, 1.82) is 0 Å². The van der Waals surface area contributed by atoms with Crippen LogP contribution in [0.2, 0.25) is 0 Å². The zero-order valence-corrected chi connectivity index (χ0v) is 13.4. The number of anilines is 1. The van der Waals surface area contributed by atoms with Gasteiger partial charge >= 0.3 is 0 Å². The first-order valence-electron chi connectivity index (χ1n) is 7.35. The number of methoxy groups -OCH3 is 1. The third-order valence-corrected chi connectivity index (χ3v) is 5.53. The van der Waals surface area contributed by atoms with Gasteiger partial charge in [-0.1, -0.05) is 19.8 Å². The molecule has 0 aromatic heterocycles. The first-order chi connectivity index (χ1) is 9.92. The molecule has 0 spiro atoms. The van der Waals surface area contributed by atoms with E-state index in [4.69, 9.17) is 10.5 Å². The first-order valence-corrected chi connectivity index (χ1v) is 8.84. The summed E-state index contributed by atoms with van der Waals surface area (Å²) in [4.78, 5) is 0.105. The van der Waals surface area contributed by atoms with Crippen LogP contribution in [0.4, 0.5) is 5.69 Å². The Bertz CT molecular complexity index is 587. The molecule has 1 aliphatic carbocycles. The third kappa shape index (κ3) is 4.11. The van der Waals surface area contributed by atoms with Crippen molar-refractivity contribution in [3.8, 4) is 5.75 Å². The van der Waals surface area contributed by atoms with E-state index in [1.807, 2.05) is 0 Å². The molecule has 0 heterocycles. The summed E-state index contributed by atoms with van der Waals surface area (Å²) in [6, 6.07) is 4.64. The average molecular weight is 312 g/mol. The summed E-state index contributed by atoms with van der Waals surface area (Å²) >= 11 is 0. The lowest BCUT2D eigenvalue weighted by atomic mass is 9.83. The van der Waals surface area contributed by atoms with E-state index >= 15 is 0 Å². The number of hydrogen-bond donors (Lipinski definition) is 2. The van der Waals surface area contributed by atoms with Crippen LogP contribution in [0.15, 0.2) is 23.1 Å². The molecule has 1 saturated carbocycles. The molecule has 2 unspecified atom stereocenters. The second-order valence-electron chi connectivity index (χ2n) is 5.90. The lowest BCUT2D eigenvalue weighted by Crippen LogP contribution is -2.31. The van der Waals surface area contributed by atoms with E-state index in [-0.39, 0.29) is 4.90 Å². The Morgan fingerprint density at radius 2 is 2.14 bits per heavy atom. The van der Waals surface area contributed by atoms with E-state index in [0.29, 0.717) is 29.8 Å². The first kappa shape index (κ1) is 16.1. The molecule has 1 aliphatic rings. The Balaban J connectivity index is 2.09. The molecule has 5 nitrogen and oxygen atoms in total. The van der Waals surface area contributed by atoms with E-state index < -0.39 is 10.0 Å². The largest absolute Gasteiger partial charge is 0.495 e. The molecule has 21 heavy (non-hydrogen) atoms. The minimum Gasteiger partial charge on any atom is -0.495 e. The van der Waals surface area contributed by atoms with Crippen LogP contribution in [0.1, 0.15) is 32.6 Å². The van der Waals surface area contributed by atoms with Gasteiger partial charge in [-0.05, 0) is 42.9 Å². The summed E-state index contributed by atoms with van der Waals surface area (Å²) < 4.78 is 32.7. The predicted molar refractivity (Wildman–Crippen MR) is 83.7 cm³/mol. The highest BCUT2D eigenvalue weighted by Gasteiger charge is 2.24. The second-order valence-corrected chi connectivity index (χ2v) is 7.64. The van der Waals surface area contributed by atoms with Crippen molar-refractivity contribution in [2.24, 2.45) is 11.8 Å². The molecule has 0 radical (unpaired) electrons. The standard InChI is InChI=1S/C15H24N2O3S/c1-11-4-3-5-12(8-11)10-17-21(18,19)15-9-13(16)6-7-14(15)20-2/h6-7,9,11-12,17H,3-5,8,10,16H2,1-2H3. The average Bonchev–Trinajstić information content (AvgIpc) is 2.45. The van der Waals surface area contributed by atoms with Gasteiger partial charge in [-0.3, -0.25) is 0 Å². The molecule has 1 aromatic carbocycles. The van der Waals surface area contributed by atoms with Gasteiger partial charge in [-0.2, -0.15) is 0 Å².